The Kier molecular flexibility index (Phi) is 47.5. The number of carbonyl (C=O) groups excluding carboxylic acids is 2. The largest absolute Gasteiger partial charge is 0.462 e. The summed E-state index contributed by atoms with van der Waals surface area (Å²) in [6, 6.07) is 0. The van der Waals surface area contributed by atoms with Crippen molar-refractivity contribution >= 4 is 11.9 Å². The molecule has 5 nitrogen and oxygen atoms in total. The topological polar surface area (TPSA) is 61.8 Å². The first-order valence-electron chi connectivity index (χ1n) is 24.8. The van der Waals surface area contributed by atoms with Gasteiger partial charge >= 0.3 is 11.9 Å². The summed E-state index contributed by atoms with van der Waals surface area (Å²) in [5.74, 6) is -0.450. The molecule has 0 rings (SSSR count). The van der Waals surface area contributed by atoms with Crippen molar-refractivity contribution in [3.63, 3.8) is 0 Å². The van der Waals surface area contributed by atoms with Gasteiger partial charge in [-0.2, -0.15) is 0 Å². The van der Waals surface area contributed by atoms with Gasteiger partial charge in [-0.25, -0.2) is 0 Å². The van der Waals surface area contributed by atoms with Gasteiger partial charge in [0.1, 0.15) is 6.61 Å². The van der Waals surface area contributed by atoms with Crippen molar-refractivity contribution in [2.75, 3.05) is 19.8 Å². The summed E-state index contributed by atoms with van der Waals surface area (Å²) >= 11 is 0. The smallest absolute Gasteiger partial charge is 0.306 e. The molecule has 0 N–H and O–H groups in total. The summed E-state index contributed by atoms with van der Waals surface area (Å²) in [4.78, 5) is 25.3. The second-order valence-corrected chi connectivity index (χ2v) is 16.0. The van der Waals surface area contributed by atoms with Crippen LogP contribution in [0.3, 0.4) is 0 Å². The Labute approximate surface area is 371 Å². The van der Waals surface area contributed by atoms with Crippen LogP contribution in [0.5, 0.6) is 0 Å². The summed E-state index contributed by atoms with van der Waals surface area (Å²) in [5.41, 5.74) is 0. The van der Waals surface area contributed by atoms with Crippen molar-refractivity contribution in [1.82, 2.24) is 0 Å². The third-order valence-corrected chi connectivity index (χ3v) is 10.1. The molecule has 0 fully saturated rings. The highest BCUT2D eigenvalue weighted by molar-refractivity contribution is 5.70. The number of allylic oxidation sites excluding steroid dienone is 16. The van der Waals surface area contributed by atoms with Crippen LogP contribution >= 0.6 is 0 Å². The number of unbranched alkanes of at least 4 members (excludes halogenated alkanes) is 17. The molecule has 0 heterocycles. The molecule has 0 aliphatic rings. The van der Waals surface area contributed by atoms with Crippen LogP contribution in [0, 0.1) is 0 Å². The molecule has 0 amide bonds. The van der Waals surface area contributed by atoms with Crippen molar-refractivity contribution in [3.05, 3.63) is 97.2 Å². The number of ether oxygens (including phenoxy) is 3. The number of hydrogen-bond donors (Lipinski definition) is 0. The van der Waals surface area contributed by atoms with Crippen molar-refractivity contribution < 1.29 is 23.8 Å². The van der Waals surface area contributed by atoms with Gasteiger partial charge in [0.2, 0.25) is 0 Å². The van der Waals surface area contributed by atoms with E-state index in [9.17, 15) is 9.59 Å². The standard InChI is InChI=1S/C55H92O5/c1-4-7-10-13-16-19-22-24-25-26-27-28-29-30-32-35-38-41-44-47-50-58-51-53(60-55(57)49-46-43-40-37-33-21-18-15-12-9-6-3)52-59-54(56)48-45-42-39-36-34-31-23-20-17-14-11-8-5-2/h7,10-11,14,16,19-20,23-25,27-28,30,32,38,41,53H,4-6,8-9,12-13,15,17-18,21-22,26,29,31,33-37,39-40,42-52H2,1-3H3/b10-7-,14-11-,19-16-,23-20-,25-24-,28-27-,32-30-,41-38-. The van der Waals surface area contributed by atoms with Crippen molar-refractivity contribution in [1.29, 1.82) is 0 Å². The maximum Gasteiger partial charge on any atom is 0.306 e. The minimum atomic E-state index is -0.574. The zero-order chi connectivity index (χ0) is 43.5. The van der Waals surface area contributed by atoms with E-state index in [-0.39, 0.29) is 25.2 Å². The molecule has 0 spiro atoms. The van der Waals surface area contributed by atoms with Gasteiger partial charge in [-0.05, 0) is 89.9 Å². The van der Waals surface area contributed by atoms with Crippen LogP contribution in [0.4, 0.5) is 0 Å². The lowest BCUT2D eigenvalue weighted by Gasteiger charge is -2.18. The molecule has 342 valence electrons. The minimum Gasteiger partial charge on any atom is -0.462 e. The molecular formula is C55H92O5. The Bertz CT molecular complexity index is 1170. The van der Waals surface area contributed by atoms with Crippen LogP contribution in [-0.2, 0) is 23.8 Å². The van der Waals surface area contributed by atoms with E-state index in [1.165, 1.54) is 70.6 Å². The molecular weight excluding hydrogens is 741 g/mol. The van der Waals surface area contributed by atoms with E-state index >= 15 is 0 Å². The molecule has 0 saturated carbocycles. The predicted molar refractivity (Wildman–Crippen MR) is 260 cm³/mol. The van der Waals surface area contributed by atoms with Crippen molar-refractivity contribution in [2.24, 2.45) is 0 Å². The SMILES string of the molecule is CC/C=C\C/C=C\C/C=C\C/C=C\C/C=C\C/C=C\CCCOCC(COC(=O)CCCCCCC/C=C\C/C=C\CCC)OC(=O)CCCCCCCCCCCCC. The fourth-order valence-electron chi connectivity index (χ4n) is 6.45. The van der Waals surface area contributed by atoms with E-state index in [0.29, 0.717) is 19.4 Å². The second kappa shape index (κ2) is 50.2. The van der Waals surface area contributed by atoms with Crippen molar-refractivity contribution in [2.45, 2.75) is 219 Å². The highest BCUT2D eigenvalue weighted by Crippen LogP contribution is 2.13. The third kappa shape index (κ3) is 47.5. The fraction of sp³-hybridized carbons (Fsp3) is 0.673. The van der Waals surface area contributed by atoms with E-state index in [0.717, 1.165) is 109 Å². The molecule has 0 bridgehead atoms. The van der Waals surface area contributed by atoms with Gasteiger partial charge in [-0.1, -0.05) is 208 Å². The second-order valence-electron chi connectivity index (χ2n) is 16.0. The maximum absolute atomic E-state index is 12.7. The predicted octanol–water partition coefficient (Wildman–Crippen LogP) is 16.7. The highest BCUT2D eigenvalue weighted by Gasteiger charge is 2.17. The van der Waals surface area contributed by atoms with Crippen molar-refractivity contribution in [3.8, 4) is 0 Å². The van der Waals surface area contributed by atoms with E-state index in [1.807, 2.05) is 0 Å². The fourth-order valence-corrected chi connectivity index (χ4v) is 6.45. The van der Waals surface area contributed by atoms with Crippen LogP contribution < -0.4 is 0 Å². The highest BCUT2D eigenvalue weighted by atomic mass is 16.6. The summed E-state index contributed by atoms with van der Waals surface area (Å²) < 4.78 is 17.3. The van der Waals surface area contributed by atoms with Gasteiger partial charge in [-0.15, -0.1) is 0 Å². The third-order valence-electron chi connectivity index (χ3n) is 10.1. The Morgan fingerprint density at radius 3 is 1.27 bits per heavy atom. The monoisotopic (exact) mass is 833 g/mol. The van der Waals surface area contributed by atoms with Gasteiger partial charge in [-0.3, -0.25) is 9.59 Å². The number of esters is 2. The zero-order valence-corrected chi connectivity index (χ0v) is 39.2. The van der Waals surface area contributed by atoms with Crippen LogP contribution in [0.25, 0.3) is 0 Å². The minimum absolute atomic E-state index is 0.0515. The Morgan fingerprint density at radius 2 is 0.783 bits per heavy atom. The first-order valence-corrected chi connectivity index (χ1v) is 24.8. The lowest BCUT2D eigenvalue weighted by atomic mass is 10.1. The molecule has 1 atom stereocenters. The molecule has 0 radical (unpaired) electrons. The molecule has 0 aliphatic heterocycles. The summed E-state index contributed by atoms with van der Waals surface area (Å²) in [6.45, 7) is 7.48. The quantitative estimate of drug-likeness (QED) is 0.0348. The van der Waals surface area contributed by atoms with E-state index in [1.54, 1.807) is 0 Å². The number of hydrogen-bond acceptors (Lipinski definition) is 5. The normalized spacial score (nSPS) is 13.1. The van der Waals surface area contributed by atoms with Gasteiger partial charge in [0, 0.05) is 19.4 Å². The number of carbonyl (C=O) groups is 2. The van der Waals surface area contributed by atoms with Gasteiger partial charge < -0.3 is 14.2 Å². The van der Waals surface area contributed by atoms with Gasteiger partial charge in [0.05, 0.1) is 6.61 Å². The van der Waals surface area contributed by atoms with E-state index in [4.69, 9.17) is 14.2 Å². The van der Waals surface area contributed by atoms with Crippen LogP contribution in [0.15, 0.2) is 97.2 Å². The first-order chi connectivity index (χ1) is 29.6. The Morgan fingerprint density at radius 1 is 0.383 bits per heavy atom. The molecule has 0 aromatic rings. The maximum atomic E-state index is 12.7. The van der Waals surface area contributed by atoms with E-state index < -0.39 is 6.10 Å². The first kappa shape index (κ1) is 56.8. The molecule has 5 heteroatoms. The molecule has 0 aromatic carbocycles. The van der Waals surface area contributed by atoms with Gasteiger partial charge in [0.25, 0.3) is 0 Å². The molecule has 0 saturated heterocycles. The molecule has 0 aliphatic carbocycles. The summed E-state index contributed by atoms with van der Waals surface area (Å²) in [6.07, 6.45) is 67.1. The molecule has 0 aromatic heterocycles. The zero-order valence-electron chi connectivity index (χ0n) is 39.2. The lowest BCUT2D eigenvalue weighted by Crippen LogP contribution is -2.30. The van der Waals surface area contributed by atoms with E-state index in [2.05, 4.69) is 118 Å². The van der Waals surface area contributed by atoms with Crippen LogP contribution in [0.1, 0.15) is 213 Å². The average Bonchev–Trinajstić information content (AvgIpc) is 3.25. The molecule has 60 heavy (non-hydrogen) atoms. The van der Waals surface area contributed by atoms with Gasteiger partial charge in [0.15, 0.2) is 6.10 Å². The Hall–Kier alpha value is -3.18. The number of rotatable bonds is 44. The molecule has 1 unspecified atom stereocenters. The Balaban J connectivity index is 4.37. The summed E-state index contributed by atoms with van der Waals surface area (Å²) in [7, 11) is 0. The lowest BCUT2D eigenvalue weighted by molar-refractivity contribution is -0.163. The summed E-state index contributed by atoms with van der Waals surface area (Å²) in [5, 5.41) is 0. The van der Waals surface area contributed by atoms with Crippen LogP contribution in [0.2, 0.25) is 0 Å². The van der Waals surface area contributed by atoms with Crippen LogP contribution in [-0.4, -0.2) is 37.9 Å². The average molecular weight is 833 g/mol.